The van der Waals surface area contributed by atoms with Crippen LogP contribution in [0, 0.1) is 11.7 Å². The van der Waals surface area contributed by atoms with E-state index < -0.39 is 12.1 Å². The highest BCUT2D eigenvalue weighted by molar-refractivity contribution is 5.85. The van der Waals surface area contributed by atoms with E-state index in [-0.39, 0.29) is 17.6 Å². The van der Waals surface area contributed by atoms with Gasteiger partial charge in [-0.2, -0.15) is 0 Å². The first kappa shape index (κ1) is 20.7. The first-order chi connectivity index (χ1) is 11.8. The van der Waals surface area contributed by atoms with Crippen molar-refractivity contribution in [2.75, 3.05) is 32.1 Å². The maximum absolute atomic E-state index is 13.7. The number of hydrogen-bond donors (Lipinski definition) is 2. The number of methoxy groups -OCH3 is 1. The summed E-state index contributed by atoms with van der Waals surface area (Å²) in [6, 6.07) is 5.94. The predicted molar refractivity (Wildman–Crippen MR) is 96.1 cm³/mol. The fraction of sp³-hybridized carbons (Fsp3) is 0.556. The van der Waals surface area contributed by atoms with Crippen molar-refractivity contribution in [1.29, 1.82) is 0 Å². The first-order valence-electron chi connectivity index (χ1n) is 8.43. The number of rotatable bonds is 9. The minimum Gasteiger partial charge on any atom is -0.453 e. The summed E-state index contributed by atoms with van der Waals surface area (Å²) >= 11 is 0. The molecule has 0 spiro atoms. The molecule has 1 atom stereocenters. The molecule has 7 heteroatoms. The third kappa shape index (κ3) is 7.41. The lowest BCUT2D eigenvalue weighted by molar-refractivity contribution is -0.123. The van der Waals surface area contributed by atoms with E-state index in [1.165, 1.54) is 13.2 Å². The van der Waals surface area contributed by atoms with Crippen LogP contribution in [0.4, 0.5) is 14.9 Å². The number of para-hydroxylation sites is 1. The van der Waals surface area contributed by atoms with Crippen molar-refractivity contribution in [3.05, 3.63) is 30.1 Å². The lowest BCUT2D eigenvalue weighted by Crippen LogP contribution is -2.47. The molecule has 0 aromatic heterocycles. The molecule has 1 aromatic carbocycles. The minimum atomic E-state index is -0.628. The van der Waals surface area contributed by atoms with Gasteiger partial charge in [-0.1, -0.05) is 26.0 Å². The molecule has 0 aliphatic carbocycles. The molecule has 2 N–H and O–H groups in total. The van der Waals surface area contributed by atoms with Crippen LogP contribution in [0.1, 0.15) is 26.7 Å². The molecule has 0 saturated heterocycles. The van der Waals surface area contributed by atoms with Crippen molar-refractivity contribution in [3.8, 4) is 0 Å². The number of halogens is 1. The normalized spacial score (nSPS) is 11.8. The van der Waals surface area contributed by atoms with Gasteiger partial charge in [0.15, 0.2) is 0 Å². The van der Waals surface area contributed by atoms with E-state index >= 15 is 0 Å². The summed E-state index contributed by atoms with van der Waals surface area (Å²) in [6.07, 6.45) is 0.555. The lowest BCUT2D eigenvalue weighted by atomic mass is 10.0. The summed E-state index contributed by atoms with van der Waals surface area (Å²) in [4.78, 5) is 25.4. The van der Waals surface area contributed by atoms with E-state index in [1.54, 1.807) is 30.1 Å². The molecule has 140 valence electrons. The molecule has 25 heavy (non-hydrogen) atoms. The second-order valence-corrected chi connectivity index (χ2v) is 6.34. The van der Waals surface area contributed by atoms with Crippen molar-refractivity contribution >= 4 is 17.7 Å². The fourth-order valence-corrected chi connectivity index (χ4v) is 2.44. The van der Waals surface area contributed by atoms with Crippen LogP contribution in [0.25, 0.3) is 0 Å². The van der Waals surface area contributed by atoms with Crippen LogP contribution in [0.2, 0.25) is 0 Å². The van der Waals surface area contributed by atoms with Gasteiger partial charge in [-0.3, -0.25) is 4.79 Å². The summed E-state index contributed by atoms with van der Waals surface area (Å²) in [6.45, 7) is 4.99. The Labute approximate surface area is 148 Å². The number of carbonyl (C=O) groups is 2. The zero-order valence-electron chi connectivity index (χ0n) is 15.3. The maximum atomic E-state index is 13.7. The van der Waals surface area contributed by atoms with E-state index in [0.29, 0.717) is 31.6 Å². The number of ether oxygens (including phenoxy) is 1. The van der Waals surface area contributed by atoms with Gasteiger partial charge < -0.3 is 20.3 Å². The van der Waals surface area contributed by atoms with Gasteiger partial charge in [-0.05, 0) is 30.9 Å². The highest BCUT2D eigenvalue weighted by atomic mass is 19.1. The van der Waals surface area contributed by atoms with Gasteiger partial charge in [0.05, 0.1) is 12.8 Å². The second-order valence-electron chi connectivity index (χ2n) is 6.34. The Bertz CT molecular complexity index is 566. The second kappa shape index (κ2) is 10.5. The quantitative estimate of drug-likeness (QED) is 0.670. The standard InChI is InChI=1S/C18H28FN3O3/c1-13(2)12-15(21-18(24)25-4)17(23)20-10-7-11-22(3)16-9-6-5-8-14(16)19/h5-6,8-9,13,15H,7,10-12H2,1-4H3,(H,20,23)(H,21,24). The molecule has 0 fully saturated rings. The highest BCUT2D eigenvalue weighted by Crippen LogP contribution is 2.16. The third-order valence-corrected chi connectivity index (χ3v) is 3.73. The number of benzene rings is 1. The summed E-state index contributed by atoms with van der Waals surface area (Å²) in [7, 11) is 3.07. The summed E-state index contributed by atoms with van der Waals surface area (Å²) in [5.74, 6) is -0.263. The van der Waals surface area contributed by atoms with E-state index in [0.717, 1.165) is 0 Å². The first-order valence-corrected chi connectivity index (χ1v) is 8.43. The Balaban J connectivity index is 2.43. The van der Waals surface area contributed by atoms with Crippen LogP contribution in [0.3, 0.4) is 0 Å². The minimum absolute atomic E-state index is 0.243. The Morgan fingerprint density at radius 1 is 1.28 bits per heavy atom. The Hall–Kier alpha value is -2.31. The average molecular weight is 353 g/mol. The van der Waals surface area contributed by atoms with E-state index in [9.17, 15) is 14.0 Å². The van der Waals surface area contributed by atoms with Gasteiger partial charge in [0.25, 0.3) is 0 Å². The van der Waals surface area contributed by atoms with Crippen LogP contribution < -0.4 is 15.5 Å². The Morgan fingerprint density at radius 2 is 1.96 bits per heavy atom. The highest BCUT2D eigenvalue weighted by Gasteiger charge is 2.21. The molecule has 1 aromatic rings. The lowest BCUT2D eigenvalue weighted by Gasteiger charge is -2.21. The number of amides is 2. The van der Waals surface area contributed by atoms with E-state index in [2.05, 4.69) is 15.4 Å². The fourth-order valence-electron chi connectivity index (χ4n) is 2.44. The predicted octanol–water partition coefficient (Wildman–Crippen LogP) is 2.54. The van der Waals surface area contributed by atoms with E-state index in [1.807, 2.05) is 13.8 Å². The molecule has 6 nitrogen and oxygen atoms in total. The van der Waals surface area contributed by atoms with Crippen molar-refractivity contribution in [2.24, 2.45) is 5.92 Å². The zero-order chi connectivity index (χ0) is 18.8. The van der Waals surface area contributed by atoms with Crippen molar-refractivity contribution in [3.63, 3.8) is 0 Å². The number of alkyl carbamates (subject to hydrolysis) is 1. The molecule has 1 rings (SSSR count). The smallest absolute Gasteiger partial charge is 0.407 e. The number of anilines is 1. The molecular weight excluding hydrogens is 325 g/mol. The number of nitrogens with one attached hydrogen (secondary N) is 2. The van der Waals surface area contributed by atoms with Gasteiger partial charge >= 0.3 is 6.09 Å². The molecule has 0 bridgehead atoms. The molecule has 0 radical (unpaired) electrons. The summed E-state index contributed by atoms with van der Waals surface area (Å²) < 4.78 is 18.3. The average Bonchev–Trinajstić information content (AvgIpc) is 2.57. The molecular formula is C18H28FN3O3. The van der Waals surface area contributed by atoms with Crippen LogP contribution in [-0.2, 0) is 9.53 Å². The zero-order valence-corrected chi connectivity index (χ0v) is 15.3. The van der Waals surface area contributed by atoms with Crippen LogP contribution in [0.15, 0.2) is 24.3 Å². The van der Waals surface area contributed by atoms with Crippen molar-refractivity contribution in [1.82, 2.24) is 10.6 Å². The van der Waals surface area contributed by atoms with Gasteiger partial charge in [0.1, 0.15) is 11.9 Å². The van der Waals surface area contributed by atoms with Crippen LogP contribution in [-0.4, -0.2) is 45.3 Å². The van der Waals surface area contributed by atoms with E-state index in [4.69, 9.17) is 0 Å². The van der Waals surface area contributed by atoms with Crippen molar-refractivity contribution < 1.29 is 18.7 Å². The van der Waals surface area contributed by atoms with Crippen LogP contribution in [0.5, 0.6) is 0 Å². The molecule has 1 unspecified atom stereocenters. The van der Waals surface area contributed by atoms with Gasteiger partial charge in [-0.15, -0.1) is 0 Å². The third-order valence-electron chi connectivity index (χ3n) is 3.73. The molecule has 0 saturated carbocycles. The van der Waals surface area contributed by atoms with Gasteiger partial charge in [0, 0.05) is 20.1 Å². The number of hydrogen-bond acceptors (Lipinski definition) is 4. The summed E-state index contributed by atoms with van der Waals surface area (Å²) in [5, 5.41) is 5.36. The monoisotopic (exact) mass is 353 g/mol. The molecule has 0 aliphatic heterocycles. The Kier molecular flexibility index (Phi) is 8.74. The van der Waals surface area contributed by atoms with Crippen molar-refractivity contribution in [2.45, 2.75) is 32.7 Å². The number of carbonyl (C=O) groups excluding carboxylic acids is 2. The van der Waals surface area contributed by atoms with Gasteiger partial charge in [0.2, 0.25) is 5.91 Å². The van der Waals surface area contributed by atoms with Gasteiger partial charge in [-0.25, -0.2) is 9.18 Å². The molecule has 2 amide bonds. The molecule has 0 aliphatic rings. The summed E-state index contributed by atoms with van der Waals surface area (Å²) in [5.41, 5.74) is 0.527. The Morgan fingerprint density at radius 3 is 2.56 bits per heavy atom. The maximum Gasteiger partial charge on any atom is 0.407 e. The largest absolute Gasteiger partial charge is 0.453 e. The topological polar surface area (TPSA) is 70.7 Å². The number of nitrogens with zero attached hydrogens (tertiary/aromatic N) is 1. The molecule has 0 heterocycles. The SMILES string of the molecule is COC(=O)NC(CC(C)C)C(=O)NCCCN(C)c1ccccc1F. The van der Waals surface area contributed by atoms with Crippen LogP contribution >= 0.6 is 0 Å².